The molecule has 0 bridgehead atoms. The van der Waals surface area contributed by atoms with Crippen LogP contribution in [0.15, 0.2) is 52.5 Å². The molecular weight excluding hydrogens is 204 g/mol. The number of hydrogen-bond donors (Lipinski definition) is 1. The Labute approximate surface area is 93.5 Å². The number of benzene rings is 1. The van der Waals surface area contributed by atoms with E-state index in [0.29, 0.717) is 0 Å². The summed E-state index contributed by atoms with van der Waals surface area (Å²) >= 11 is 1.64. The average molecular weight is 216 g/mol. The lowest BCUT2D eigenvalue weighted by Crippen LogP contribution is -1.87. The minimum atomic E-state index is 0.791. The molecule has 1 aromatic carbocycles. The molecule has 0 amide bonds. The van der Waals surface area contributed by atoms with Crippen LogP contribution in [-0.4, -0.2) is 4.98 Å². The summed E-state index contributed by atoms with van der Waals surface area (Å²) < 4.78 is 0. The highest BCUT2D eigenvalue weighted by Gasteiger charge is 2.01. The molecular formula is C12H12N2S. The number of anilines is 1. The summed E-state index contributed by atoms with van der Waals surface area (Å²) in [6, 6.07) is 11.8. The fourth-order valence-corrected chi connectivity index (χ4v) is 2.16. The lowest BCUT2D eigenvalue weighted by Gasteiger charge is -2.05. The average Bonchev–Trinajstić information content (AvgIpc) is 2.25. The Balaban J connectivity index is 2.28. The first-order chi connectivity index (χ1) is 7.25. The van der Waals surface area contributed by atoms with Crippen molar-refractivity contribution in [1.29, 1.82) is 0 Å². The summed E-state index contributed by atoms with van der Waals surface area (Å²) in [7, 11) is 0. The highest BCUT2D eigenvalue weighted by Crippen LogP contribution is 2.29. The molecule has 0 aliphatic rings. The van der Waals surface area contributed by atoms with Crippen molar-refractivity contribution in [2.45, 2.75) is 16.8 Å². The molecule has 1 heterocycles. The van der Waals surface area contributed by atoms with Crippen LogP contribution in [0.1, 0.15) is 5.56 Å². The number of aromatic nitrogens is 1. The van der Waals surface area contributed by atoms with Crippen molar-refractivity contribution in [2.75, 3.05) is 5.73 Å². The molecule has 15 heavy (non-hydrogen) atoms. The van der Waals surface area contributed by atoms with Crippen LogP contribution in [0.3, 0.4) is 0 Å². The standard InChI is InChI=1S/C12H12N2S/c1-9-5-6-10(13)8-11(9)15-12-4-2-3-7-14-12/h2-8H,13H2,1H3. The molecule has 2 aromatic rings. The van der Waals surface area contributed by atoms with Gasteiger partial charge >= 0.3 is 0 Å². The molecule has 3 heteroatoms. The van der Waals surface area contributed by atoms with Gasteiger partial charge in [-0.05, 0) is 36.8 Å². The number of nitrogens with zero attached hydrogens (tertiary/aromatic N) is 1. The molecule has 1 aromatic heterocycles. The maximum Gasteiger partial charge on any atom is 0.101 e. The Morgan fingerprint density at radius 2 is 2.07 bits per heavy atom. The quantitative estimate of drug-likeness (QED) is 0.784. The van der Waals surface area contributed by atoms with Crippen molar-refractivity contribution in [1.82, 2.24) is 4.98 Å². The van der Waals surface area contributed by atoms with E-state index >= 15 is 0 Å². The van der Waals surface area contributed by atoms with Gasteiger partial charge in [-0.2, -0.15) is 0 Å². The molecule has 0 saturated heterocycles. The predicted molar refractivity (Wildman–Crippen MR) is 64.0 cm³/mol. The number of aryl methyl sites for hydroxylation is 1. The van der Waals surface area contributed by atoms with E-state index in [-0.39, 0.29) is 0 Å². The molecule has 2 rings (SSSR count). The van der Waals surface area contributed by atoms with Gasteiger partial charge in [0, 0.05) is 16.8 Å². The Bertz CT molecular complexity index is 454. The van der Waals surface area contributed by atoms with Crippen molar-refractivity contribution < 1.29 is 0 Å². The van der Waals surface area contributed by atoms with Crippen molar-refractivity contribution in [2.24, 2.45) is 0 Å². The SMILES string of the molecule is Cc1ccc(N)cc1Sc1ccccn1. The zero-order valence-electron chi connectivity index (χ0n) is 8.47. The van der Waals surface area contributed by atoms with E-state index in [1.54, 1.807) is 18.0 Å². The van der Waals surface area contributed by atoms with Gasteiger partial charge in [0.1, 0.15) is 5.03 Å². The molecule has 0 aliphatic heterocycles. The Morgan fingerprint density at radius 1 is 1.20 bits per heavy atom. The summed E-state index contributed by atoms with van der Waals surface area (Å²) in [6.45, 7) is 2.07. The maximum atomic E-state index is 5.75. The molecule has 0 atom stereocenters. The van der Waals surface area contributed by atoms with Crippen LogP contribution < -0.4 is 5.73 Å². The molecule has 0 radical (unpaired) electrons. The van der Waals surface area contributed by atoms with Crippen LogP contribution in [0.4, 0.5) is 5.69 Å². The van der Waals surface area contributed by atoms with Gasteiger partial charge in [0.25, 0.3) is 0 Å². The second-order valence-electron chi connectivity index (χ2n) is 3.29. The fourth-order valence-electron chi connectivity index (χ4n) is 1.25. The van der Waals surface area contributed by atoms with Gasteiger partial charge in [-0.3, -0.25) is 0 Å². The van der Waals surface area contributed by atoms with Crippen LogP contribution in [0.2, 0.25) is 0 Å². The van der Waals surface area contributed by atoms with Gasteiger partial charge < -0.3 is 5.73 Å². The van der Waals surface area contributed by atoms with Crippen molar-refractivity contribution in [3.8, 4) is 0 Å². The van der Waals surface area contributed by atoms with E-state index in [1.165, 1.54) is 5.56 Å². The van der Waals surface area contributed by atoms with E-state index in [2.05, 4.69) is 11.9 Å². The van der Waals surface area contributed by atoms with Gasteiger partial charge in [-0.15, -0.1) is 0 Å². The first kappa shape index (κ1) is 10.1. The van der Waals surface area contributed by atoms with Crippen molar-refractivity contribution in [3.05, 3.63) is 48.2 Å². The molecule has 0 unspecified atom stereocenters. The van der Waals surface area contributed by atoms with Crippen molar-refractivity contribution in [3.63, 3.8) is 0 Å². The van der Waals surface area contributed by atoms with Gasteiger partial charge in [0.15, 0.2) is 0 Å². The largest absolute Gasteiger partial charge is 0.399 e. The lowest BCUT2D eigenvalue weighted by atomic mass is 10.2. The second-order valence-corrected chi connectivity index (χ2v) is 4.36. The smallest absolute Gasteiger partial charge is 0.101 e. The van der Waals surface area contributed by atoms with E-state index in [1.807, 2.05) is 36.4 Å². The van der Waals surface area contributed by atoms with Crippen molar-refractivity contribution >= 4 is 17.4 Å². The molecule has 2 nitrogen and oxygen atoms in total. The number of nitrogen functional groups attached to an aromatic ring is 1. The summed E-state index contributed by atoms with van der Waals surface area (Å²) in [4.78, 5) is 5.43. The number of hydrogen-bond acceptors (Lipinski definition) is 3. The number of nitrogens with two attached hydrogens (primary N) is 1. The van der Waals surface area contributed by atoms with Gasteiger partial charge in [0.05, 0.1) is 0 Å². The van der Waals surface area contributed by atoms with Gasteiger partial charge in [0.2, 0.25) is 0 Å². The first-order valence-corrected chi connectivity index (χ1v) is 5.52. The highest BCUT2D eigenvalue weighted by molar-refractivity contribution is 7.99. The Hall–Kier alpha value is -1.48. The minimum absolute atomic E-state index is 0.791. The highest BCUT2D eigenvalue weighted by atomic mass is 32.2. The Morgan fingerprint density at radius 3 is 2.80 bits per heavy atom. The fraction of sp³-hybridized carbons (Fsp3) is 0.0833. The minimum Gasteiger partial charge on any atom is -0.399 e. The van der Waals surface area contributed by atoms with Crippen LogP contribution >= 0.6 is 11.8 Å². The van der Waals surface area contributed by atoms with E-state index < -0.39 is 0 Å². The second kappa shape index (κ2) is 4.36. The predicted octanol–water partition coefficient (Wildman–Crippen LogP) is 3.12. The van der Waals surface area contributed by atoms with Crippen LogP contribution in [0.5, 0.6) is 0 Å². The molecule has 76 valence electrons. The van der Waals surface area contributed by atoms with E-state index in [9.17, 15) is 0 Å². The summed E-state index contributed by atoms with van der Waals surface area (Å²) in [6.07, 6.45) is 1.80. The monoisotopic (exact) mass is 216 g/mol. The molecule has 0 spiro atoms. The third kappa shape index (κ3) is 2.50. The van der Waals surface area contributed by atoms with E-state index in [4.69, 9.17) is 5.73 Å². The molecule has 0 saturated carbocycles. The lowest BCUT2D eigenvalue weighted by molar-refractivity contribution is 1.13. The molecule has 0 aliphatic carbocycles. The van der Waals surface area contributed by atoms with Gasteiger partial charge in [-0.1, -0.05) is 23.9 Å². The molecule has 2 N–H and O–H groups in total. The normalized spacial score (nSPS) is 10.2. The van der Waals surface area contributed by atoms with Gasteiger partial charge in [-0.25, -0.2) is 4.98 Å². The summed E-state index contributed by atoms with van der Waals surface area (Å²) in [5, 5.41) is 0.992. The first-order valence-electron chi connectivity index (χ1n) is 4.71. The van der Waals surface area contributed by atoms with Crippen LogP contribution in [-0.2, 0) is 0 Å². The summed E-state index contributed by atoms with van der Waals surface area (Å²) in [5.74, 6) is 0. The maximum absolute atomic E-state index is 5.75. The van der Waals surface area contributed by atoms with Crippen LogP contribution in [0, 0.1) is 6.92 Å². The topological polar surface area (TPSA) is 38.9 Å². The van der Waals surface area contributed by atoms with E-state index in [0.717, 1.165) is 15.6 Å². The summed E-state index contributed by atoms with van der Waals surface area (Å²) in [5.41, 5.74) is 7.76. The third-order valence-corrected chi connectivity index (χ3v) is 3.17. The third-order valence-electron chi connectivity index (χ3n) is 2.06. The number of rotatable bonds is 2. The Kier molecular flexibility index (Phi) is 2.92. The van der Waals surface area contributed by atoms with Crippen LogP contribution in [0.25, 0.3) is 0 Å². The molecule has 0 fully saturated rings. The zero-order valence-corrected chi connectivity index (χ0v) is 9.29. The number of pyridine rings is 1. The zero-order chi connectivity index (χ0) is 10.7.